The highest BCUT2D eigenvalue weighted by atomic mass is 16.5. The maximum Gasteiger partial charge on any atom is 0.249 e. The fourth-order valence-corrected chi connectivity index (χ4v) is 3.34. The Morgan fingerprint density at radius 3 is 3.00 bits per heavy atom. The molecule has 0 aromatic carbocycles. The Morgan fingerprint density at radius 1 is 1.42 bits per heavy atom. The molecule has 2 aromatic heterocycles. The monoisotopic (exact) mass is 331 g/mol. The molecule has 1 fully saturated rings. The van der Waals surface area contributed by atoms with Gasteiger partial charge in [-0.2, -0.15) is 0 Å². The summed E-state index contributed by atoms with van der Waals surface area (Å²) in [5.74, 6) is 0.689. The van der Waals surface area contributed by atoms with Crippen molar-refractivity contribution >= 4 is 5.91 Å². The zero-order chi connectivity index (χ0) is 16.9. The molecule has 1 amide bonds. The van der Waals surface area contributed by atoms with Gasteiger partial charge in [0.2, 0.25) is 5.91 Å². The fraction of sp³-hybridized carbons (Fsp3) is 0.556. The minimum Gasteiger partial charge on any atom is -0.364 e. The van der Waals surface area contributed by atoms with E-state index < -0.39 is 0 Å². The minimum absolute atomic E-state index is 0.0411. The van der Waals surface area contributed by atoms with Crippen molar-refractivity contribution in [3.05, 3.63) is 41.5 Å². The largest absolute Gasteiger partial charge is 0.364 e. The smallest absolute Gasteiger partial charge is 0.249 e. The van der Waals surface area contributed by atoms with E-state index in [2.05, 4.69) is 15.8 Å². The second-order valence-electron chi connectivity index (χ2n) is 6.42. The molecule has 1 saturated heterocycles. The number of hydrogen-bond donors (Lipinski definition) is 0. The second-order valence-corrected chi connectivity index (χ2v) is 6.42. The van der Waals surface area contributed by atoms with Crippen LogP contribution in [0.3, 0.4) is 0 Å². The molecule has 6 heteroatoms. The van der Waals surface area contributed by atoms with Gasteiger partial charge in [-0.25, -0.2) is 0 Å². The molecule has 0 bridgehead atoms. The Bertz CT molecular complexity index is 677. The third kappa shape index (κ3) is 3.87. The van der Waals surface area contributed by atoms with Crippen LogP contribution < -0.4 is 0 Å². The Labute approximate surface area is 142 Å². The first-order valence-corrected chi connectivity index (χ1v) is 8.56. The summed E-state index contributed by atoms with van der Waals surface area (Å²) in [6, 6.07) is 6.10. The van der Waals surface area contributed by atoms with Gasteiger partial charge in [-0.3, -0.25) is 4.79 Å². The van der Waals surface area contributed by atoms with Gasteiger partial charge in [0.05, 0.1) is 11.7 Å². The Hall–Kier alpha value is -2.08. The first-order valence-electron chi connectivity index (χ1n) is 8.56. The molecule has 1 aliphatic heterocycles. The van der Waals surface area contributed by atoms with Gasteiger partial charge in [0.15, 0.2) is 5.76 Å². The highest BCUT2D eigenvalue weighted by Gasteiger charge is 2.28. The summed E-state index contributed by atoms with van der Waals surface area (Å²) in [5, 5.41) is 3.82. The lowest BCUT2D eigenvalue weighted by Crippen LogP contribution is -2.38. The van der Waals surface area contributed by atoms with Crippen molar-refractivity contribution < 1.29 is 14.1 Å². The zero-order valence-electron chi connectivity index (χ0n) is 14.4. The van der Waals surface area contributed by atoms with Gasteiger partial charge in [-0.1, -0.05) is 18.0 Å². The molecule has 1 atom stereocenters. The molecule has 0 N–H and O–H groups in total. The molecule has 130 valence electrons. The van der Waals surface area contributed by atoms with E-state index in [0.717, 1.165) is 31.5 Å². The maximum absolute atomic E-state index is 12.7. The molecular formula is C18H25N3O3. The van der Waals surface area contributed by atoms with Crippen LogP contribution in [-0.4, -0.2) is 33.7 Å². The first-order chi connectivity index (χ1) is 11.6. The lowest BCUT2D eigenvalue weighted by Gasteiger charge is -2.30. The van der Waals surface area contributed by atoms with Gasteiger partial charge in [-0.05, 0) is 31.9 Å². The van der Waals surface area contributed by atoms with Gasteiger partial charge in [-0.15, -0.1) is 0 Å². The van der Waals surface area contributed by atoms with Crippen LogP contribution in [0, 0.1) is 6.92 Å². The summed E-state index contributed by atoms with van der Waals surface area (Å²) in [4.78, 5) is 14.7. The topological polar surface area (TPSA) is 60.5 Å². The molecule has 0 spiro atoms. The minimum atomic E-state index is 0.0411. The third-order valence-corrected chi connectivity index (χ3v) is 4.55. The van der Waals surface area contributed by atoms with Crippen molar-refractivity contribution in [3.8, 4) is 0 Å². The number of aryl methyl sites for hydroxylation is 2. The maximum atomic E-state index is 12.7. The number of likely N-dealkylation sites (tertiary alicyclic amines) is 1. The summed E-state index contributed by atoms with van der Waals surface area (Å²) >= 11 is 0. The van der Waals surface area contributed by atoms with Crippen LogP contribution in [0.1, 0.15) is 48.9 Å². The summed E-state index contributed by atoms with van der Waals surface area (Å²) in [6.07, 6.45) is 6.41. The van der Waals surface area contributed by atoms with Crippen LogP contribution in [0.15, 0.2) is 28.9 Å². The summed E-state index contributed by atoms with van der Waals surface area (Å²) in [5.41, 5.74) is 2.01. The molecule has 2 aromatic rings. The normalized spacial score (nSPS) is 18.6. The molecule has 1 aliphatic rings. The van der Waals surface area contributed by atoms with Gasteiger partial charge in [0, 0.05) is 31.5 Å². The predicted octanol–water partition coefficient (Wildman–Crippen LogP) is 2.98. The number of amides is 1. The van der Waals surface area contributed by atoms with E-state index in [1.54, 1.807) is 0 Å². The summed E-state index contributed by atoms with van der Waals surface area (Å²) in [6.45, 7) is 3.00. The van der Waals surface area contributed by atoms with Crippen LogP contribution in [0.5, 0.6) is 0 Å². The number of aromatic nitrogens is 2. The molecule has 3 heterocycles. The van der Waals surface area contributed by atoms with Crippen LogP contribution >= 0.6 is 0 Å². The number of carbonyl (C=O) groups excluding carboxylic acids is 1. The second kappa shape index (κ2) is 7.66. The van der Waals surface area contributed by atoms with Crippen molar-refractivity contribution in [2.75, 3.05) is 13.2 Å². The predicted molar refractivity (Wildman–Crippen MR) is 89.2 cm³/mol. The number of rotatable bonds is 5. The lowest BCUT2D eigenvalue weighted by atomic mass is 10.1. The van der Waals surface area contributed by atoms with Crippen molar-refractivity contribution in [2.45, 2.75) is 45.3 Å². The quantitative estimate of drug-likeness (QED) is 0.845. The van der Waals surface area contributed by atoms with E-state index in [9.17, 15) is 4.79 Å². The van der Waals surface area contributed by atoms with Crippen LogP contribution in [-0.2, 0) is 23.2 Å². The van der Waals surface area contributed by atoms with Crippen molar-refractivity contribution in [3.63, 3.8) is 0 Å². The van der Waals surface area contributed by atoms with E-state index in [-0.39, 0.29) is 25.2 Å². The Balaban J connectivity index is 1.62. The standard InChI is InChI=1S/C18H25N3O3/c1-14-11-15(24-19-14)12-23-13-18(22)21-10-5-3-4-7-17(21)16-8-6-9-20(16)2/h6,8-9,11,17H,3-5,7,10,12-13H2,1-2H3. The Kier molecular flexibility index (Phi) is 5.35. The van der Waals surface area contributed by atoms with E-state index in [4.69, 9.17) is 9.26 Å². The average molecular weight is 331 g/mol. The number of ether oxygens (including phenoxy) is 1. The molecule has 0 aliphatic carbocycles. The van der Waals surface area contributed by atoms with Crippen LogP contribution in [0.25, 0.3) is 0 Å². The number of hydrogen-bond acceptors (Lipinski definition) is 4. The van der Waals surface area contributed by atoms with E-state index >= 15 is 0 Å². The third-order valence-electron chi connectivity index (χ3n) is 4.55. The molecule has 0 saturated carbocycles. The SMILES string of the molecule is Cc1cc(COCC(=O)N2CCCCCC2c2cccn2C)on1. The summed E-state index contributed by atoms with van der Waals surface area (Å²) in [7, 11) is 2.03. The van der Waals surface area contributed by atoms with Crippen molar-refractivity contribution in [1.29, 1.82) is 0 Å². The van der Waals surface area contributed by atoms with Crippen LogP contribution in [0.4, 0.5) is 0 Å². The molecular weight excluding hydrogens is 306 g/mol. The van der Waals surface area contributed by atoms with Gasteiger partial charge in [0.1, 0.15) is 13.2 Å². The van der Waals surface area contributed by atoms with E-state index in [1.807, 2.05) is 37.2 Å². The van der Waals surface area contributed by atoms with Crippen molar-refractivity contribution in [1.82, 2.24) is 14.6 Å². The highest BCUT2D eigenvalue weighted by molar-refractivity contribution is 5.78. The zero-order valence-corrected chi connectivity index (χ0v) is 14.4. The average Bonchev–Trinajstić information content (AvgIpc) is 3.08. The number of carbonyl (C=O) groups is 1. The molecule has 24 heavy (non-hydrogen) atoms. The lowest BCUT2D eigenvalue weighted by molar-refractivity contribution is -0.139. The highest BCUT2D eigenvalue weighted by Crippen LogP contribution is 2.30. The summed E-state index contributed by atoms with van der Waals surface area (Å²) < 4.78 is 12.8. The molecule has 3 rings (SSSR count). The van der Waals surface area contributed by atoms with Gasteiger partial charge in [0.25, 0.3) is 0 Å². The molecule has 6 nitrogen and oxygen atoms in total. The van der Waals surface area contributed by atoms with E-state index in [1.165, 1.54) is 12.1 Å². The van der Waals surface area contributed by atoms with Crippen molar-refractivity contribution in [2.24, 2.45) is 7.05 Å². The number of nitrogens with zero attached hydrogens (tertiary/aromatic N) is 3. The molecule has 0 radical (unpaired) electrons. The van der Waals surface area contributed by atoms with Crippen LogP contribution in [0.2, 0.25) is 0 Å². The van der Waals surface area contributed by atoms with Gasteiger partial charge >= 0.3 is 0 Å². The molecule has 1 unspecified atom stereocenters. The first kappa shape index (κ1) is 16.8. The Morgan fingerprint density at radius 2 is 2.29 bits per heavy atom. The van der Waals surface area contributed by atoms with E-state index in [0.29, 0.717) is 5.76 Å². The fourth-order valence-electron chi connectivity index (χ4n) is 3.34. The van der Waals surface area contributed by atoms with Gasteiger partial charge < -0.3 is 18.7 Å².